The van der Waals surface area contributed by atoms with Crippen LogP contribution in [0.15, 0.2) is 136 Å². The predicted octanol–water partition coefficient (Wildman–Crippen LogP) is 10.5. The minimum absolute atomic E-state index is 0.00479. The molecule has 1 amide bonds. The summed E-state index contributed by atoms with van der Waals surface area (Å²) in [7, 11) is -3.60. The SMILES string of the molecule is CC(C)(C)c1ccc(S(=O)(=O)Nc2cc(Cl)cnc2C(=O)c2cccc(N)c2)cc1.COCN(c1cc(Cl)cnc1Br)S(=O)(=O)c1ccc(C(C)(C)C)cc1.CON(C)C(=O)c1cccc([N+](=O)[O-])c1. The van der Waals surface area contributed by atoms with Crippen LogP contribution in [-0.2, 0) is 40.5 Å². The Balaban J connectivity index is 0.000000241. The van der Waals surface area contributed by atoms with Crippen molar-refractivity contribution in [2.75, 3.05) is 42.8 Å². The van der Waals surface area contributed by atoms with Crippen molar-refractivity contribution >= 4 is 93.6 Å². The molecule has 0 atom stereocenters. The topological polar surface area (TPSA) is 234 Å². The third-order valence-corrected chi connectivity index (χ3v) is 14.1. The van der Waals surface area contributed by atoms with Crippen LogP contribution >= 0.6 is 39.1 Å². The molecule has 0 radical (unpaired) electrons. The number of nitrogens with two attached hydrogens (primary N) is 1. The second-order valence-electron chi connectivity index (χ2n) is 17.2. The van der Waals surface area contributed by atoms with E-state index in [9.17, 15) is 36.5 Å². The van der Waals surface area contributed by atoms with E-state index in [-0.39, 0.29) is 55.0 Å². The van der Waals surface area contributed by atoms with Crippen molar-refractivity contribution in [2.24, 2.45) is 0 Å². The van der Waals surface area contributed by atoms with Gasteiger partial charge in [-0.3, -0.25) is 29.3 Å². The number of nitrogen functional groups attached to an aromatic ring is 1. The van der Waals surface area contributed by atoms with E-state index in [1.54, 1.807) is 42.5 Å². The lowest BCUT2D eigenvalue weighted by molar-refractivity contribution is -0.384. The highest BCUT2D eigenvalue weighted by Crippen LogP contribution is 2.33. The molecule has 0 fully saturated rings. The highest BCUT2D eigenvalue weighted by Gasteiger charge is 2.28. The van der Waals surface area contributed by atoms with Crippen LogP contribution in [-0.4, -0.2) is 76.5 Å². The molecule has 4 aromatic carbocycles. The molecule has 0 saturated carbocycles. The number of rotatable bonds is 13. The maximum atomic E-state index is 13.1. The number of hydroxylamine groups is 2. The van der Waals surface area contributed by atoms with Crippen molar-refractivity contribution in [3.63, 3.8) is 0 Å². The van der Waals surface area contributed by atoms with Gasteiger partial charge in [0.25, 0.3) is 31.6 Å². The normalized spacial score (nSPS) is 11.5. The van der Waals surface area contributed by atoms with Crippen molar-refractivity contribution in [3.05, 3.63) is 174 Å². The third-order valence-electron chi connectivity index (χ3n) is 9.97. The summed E-state index contributed by atoms with van der Waals surface area (Å²) >= 11 is 15.3. The number of nitrogens with one attached hydrogen (secondary N) is 1. The number of ether oxygens (including phenoxy) is 1. The Hall–Kier alpha value is -6.00. The summed E-state index contributed by atoms with van der Waals surface area (Å²) in [6.45, 7) is 12.2. The van der Waals surface area contributed by atoms with E-state index in [0.29, 0.717) is 26.6 Å². The maximum Gasteiger partial charge on any atom is 0.277 e. The van der Waals surface area contributed by atoms with E-state index in [2.05, 4.69) is 56.2 Å². The van der Waals surface area contributed by atoms with Crippen LogP contribution in [0.25, 0.3) is 0 Å². The molecule has 17 nitrogen and oxygen atoms in total. The van der Waals surface area contributed by atoms with E-state index in [4.69, 9.17) is 33.7 Å². The number of amides is 1. The molecule has 2 aromatic heterocycles. The van der Waals surface area contributed by atoms with Crippen molar-refractivity contribution in [1.29, 1.82) is 0 Å². The average molecular weight is 1100 g/mol. The van der Waals surface area contributed by atoms with Crippen molar-refractivity contribution < 1.29 is 40.9 Å². The molecule has 0 saturated heterocycles. The van der Waals surface area contributed by atoms with Crippen LogP contribution in [0, 0.1) is 10.1 Å². The Labute approximate surface area is 426 Å². The van der Waals surface area contributed by atoms with Gasteiger partial charge in [0.15, 0.2) is 0 Å². The van der Waals surface area contributed by atoms with Gasteiger partial charge in [0.05, 0.1) is 43.2 Å². The Kier molecular flexibility index (Phi) is 19.2. The second kappa shape index (κ2) is 23.7. The zero-order valence-corrected chi connectivity index (χ0v) is 44.3. The van der Waals surface area contributed by atoms with Crippen LogP contribution in [0.2, 0.25) is 10.0 Å². The summed E-state index contributed by atoms with van der Waals surface area (Å²) in [5.41, 5.74) is 8.68. The number of nitro groups is 1. The fourth-order valence-electron chi connectivity index (χ4n) is 6.10. The first-order valence-corrected chi connectivity index (χ1v) is 25.3. The fraction of sp³-hybridized carbons (Fsp3) is 0.250. The van der Waals surface area contributed by atoms with Gasteiger partial charge in [-0.1, -0.05) is 107 Å². The lowest BCUT2D eigenvalue weighted by Gasteiger charge is -2.25. The quantitative estimate of drug-likeness (QED) is 0.0274. The Morgan fingerprint density at radius 2 is 1.30 bits per heavy atom. The predicted molar refractivity (Wildman–Crippen MR) is 275 cm³/mol. The summed E-state index contributed by atoms with van der Waals surface area (Å²) < 4.78 is 61.1. The minimum atomic E-state index is -3.96. The number of pyridine rings is 2. The molecule has 70 heavy (non-hydrogen) atoms. The molecule has 6 rings (SSSR count). The van der Waals surface area contributed by atoms with E-state index < -0.39 is 36.7 Å². The fourth-order valence-corrected chi connectivity index (χ4v) is 9.39. The van der Waals surface area contributed by atoms with E-state index >= 15 is 0 Å². The first kappa shape index (κ1) is 56.6. The second-order valence-corrected chi connectivity index (χ2v) is 22.4. The number of non-ortho nitro benzene ring substituents is 1. The summed E-state index contributed by atoms with van der Waals surface area (Å²) in [4.78, 5) is 47.4. The zero-order chi connectivity index (χ0) is 52.4. The van der Waals surface area contributed by atoms with E-state index in [0.717, 1.165) is 20.5 Å². The highest BCUT2D eigenvalue weighted by atomic mass is 79.9. The molecule has 0 aliphatic heterocycles. The highest BCUT2D eigenvalue weighted by molar-refractivity contribution is 9.10. The zero-order valence-electron chi connectivity index (χ0n) is 39.6. The first-order valence-electron chi connectivity index (χ1n) is 20.8. The first-order chi connectivity index (χ1) is 32.6. The molecule has 0 spiro atoms. The number of carbonyl (C=O) groups is 2. The van der Waals surface area contributed by atoms with E-state index in [1.807, 2.05) is 32.9 Å². The summed E-state index contributed by atoms with van der Waals surface area (Å²) in [5, 5.41) is 12.0. The molecule has 6 aromatic rings. The number of halogens is 3. The van der Waals surface area contributed by atoms with E-state index in [1.165, 1.54) is 88.3 Å². The molecule has 3 N–H and O–H groups in total. The van der Waals surface area contributed by atoms with Gasteiger partial charge in [0.2, 0.25) is 5.78 Å². The third kappa shape index (κ3) is 15.0. The molecule has 22 heteroatoms. The van der Waals surface area contributed by atoms with Crippen molar-refractivity contribution in [2.45, 2.75) is 62.2 Å². The number of nitro benzene ring substituents is 1. The molecular weight excluding hydrogens is 1050 g/mol. The van der Waals surface area contributed by atoms with Crippen LogP contribution in [0.3, 0.4) is 0 Å². The molecule has 0 unspecified atom stereocenters. The molecule has 0 bridgehead atoms. The molecule has 2 heterocycles. The Morgan fingerprint density at radius 3 is 1.83 bits per heavy atom. The van der Waals surface area contributed by atoms with Gasteiger partial charge in [-0.25, -0.2) is 36.2 Å². The van der Waals surface area contributed by atoms with Crippen molar-refractivity contribution in [1.82, 2.24) is 15.0 Å². The number of sulfonamides is 2. The van der Waals surface area contributed by atoms with Gasteiger partial charge in [-0.2, -0.15) is 0 Å². The average Bonchev–Trinajstić information content (AvgIpc) is 3.30. The molecule has 0 aliphatic rings. The standard InChI is InChI=1S/C22H22ClN3O3S.C17H20BrClN2O3S.C9H10N2O4/c1-22(2,3)15-7-9-18(10-8-15)30(28,29)26-19-12-16(23)13-25-20(19)21(27)14-5-4-6-17(24)11-14;1-17(2,3)12-5-7-14(8-6-12)25(22,23)21(11-24-4)15-9-13(19)10-20-16(15)18;1-10(15-2)9(12)7-4-3-5-8(6-7)11(13)14/h4-13,26H,24H2,1-3H3;5-10H,11H2,1-4H3;3-6H,1-2H3. The monoisotopic (exact) mass is 1100 g/mol. The number of methoxy groups -OCH3 is 1. The number of benzene rings is 4. The van der Waals surface area contributed by atoms with Crippen molar-refractivity contribution in [3.8, 4) is 0 Å². The van der Waals surface area contributed by atoms with Crippen LogP contribution in [0.4, 0.5) is 22.7 Å². The number of hydrogen-bond acceptors (Lipinski definition) is 13. The van der Waals surface area contributed by atoms with Gasteiger partial charge < -0.3 is 10.5 Å². The van der Waals surface area contributed by atoms with Gasteiger partial charge in [-0.05, 0) is 92.5 Å². The lowest BCUT2D eigenvalue weighted by atomic mass is 9.87. The number of nitrogens with zero attached hydrogens (tertiary/aromatic N) is 5. The minimum Gasteiger partial charge on any atom is -0.399 e. The summed E-state index contributed by atoms with van der Waals surface area (Å²) in [6, 6.07) is 28.2. The number of aromatic nitrogens is 2. The number of carbonyl (C=O) groups excluding carboxylic acids is 2. The van der Waals surface area contributed by atoms with Crippen LogP contribution in [0.1, 0.15) is 79.1 Å². The molecule has 0 aliphatic carbocycles. The Bertz CT molecular complexity index is 3060. The number of ketones is 1. The van der Waals surface area contributed by atoms with Gasteiger partial charge in [0.1, 0.15) is 17.0 Å². The Morgan fingerprint density at radius 1 is 0.771 bits per heavy atom. The smallest absolute Gasteiger partial charge is 0.277 e. The van der Waals surface area contributed by atoms with Gasteiger partial charge in [-0.15, -0.1) is 0 Å². The lowest BCUT2D eigenvalue weighted by Crippen LogP contribution is -2.33. The number of hydrogen-bond donors (Lipinski definition) is 2. The van der Waals surface area contributed by atoms with Crippen LogP contribution < -0.4 is 14.8 Å². The molecule has 372 valence electrons. The summed E-state index contributed by atoms with van der Waals surface area (Å²) in [6.07, 6.45) is 2.72. The number of anilines is 3. The summed E-state index contributed by atoms with van der Waals surface area (Å²) in [5.74, 6) is -0.902. The van der Waals surface area contributed by atoms with Crippen LogP contribution in [0.5, 0.6) is 0 Å². The largest absolute Gasteiger partial charge is 0.399 e. The maximum absolute atomic E-state index is 13.1. The van der Waals surface area contributed by atoms with Gasteiger partial charge in [0, 0.05) is 55.5 Å². The molecular formula is C48H52BrCl2N7O10S2. The van der Waals surface area contributed by atoms with Gasteiger partial charge >= 0.3 is 0 Å².